The number of hydrogen-bond donors (Lipinski definition) is 1. The van der Waals surface area contributed by atoms with E-state index in [1.165, 1.54) is 0 Å². The number of aromatic nitrogens is 3. The molecule has 0 unspecified atom stereocenters. The first-order valence-electron chi connectivity index (χ1n) is 5.36. The first-order valence-corrected chi connectivity index (χ1v) is 5.74. The van der Waals surface area contributed by atoms with Gasteiger partial charge in [0.1, 0.15) is 5.52 Å². The zero-order valence-electron chi connectivity index (χ0n) is 9.20. The lowest BCUT2D eigenvalue weighted by molar-refractivity contribution is 0.317. The van der Waals surface area contributed by atoms with E-state index < -0.39 is 0 Å². The van der Waals surface area contributed by atoms with Gasteiger partial charge in [-0.15, -0.1) is 0 Å². The summed E-state index contributed by atoms with van der Waals surface area (Å²) in [5.74, 6) is 0. The second-order valence-corrected chi connectivity index (χ2v) is 3.98. The fourth-order valence-electron chi connectivity index (χ4n) is 1.84. The highest BCUT2D eigenvalue weighted by molar-refractivity contribution is 6.35. The SMILES string of the molecule is CCOc1nc2c(Cl)nc3ccccc3c2[nH]1. The van der Waals surface area contributed by atoms with Crippen molar-refractivity contribution in [3.05, 3.63) is 29.4 Å². The summed E-state index contributed by atoms with van der Waals surface area (Å²) in [4.78, 5) is 11.7. The number of imidazole rings is 1. The highest BCUT2D eigenvalue weighted by Gasteiger charge is 2.11. The molecule has 0 radical (unpaired) electrons. The Hall–Kier alpha value is -1.81. The van der Waals surface area contributed by atoms with Crippen molar-refractivity contribution in [3.63, 3.8) is 0 Å². The Labute approximate surface area is 103 Å². The molecule has 5 heteroatoms. The van der Waals surface area contributed by atoms with Gasteiger partial charge in [0, 0.05) is 5.39 Å². The molecule has 3 aromatic rings. The topological polar surface area (TPSA) is 50.8 Å². The fraction of sp³-hybridized carbons (Fsp3) is 0.167. The van der Waals surface area contributed by atoms with Gasteiger partial charge in [-0.3, -0.25) is 0 Å². The van der Waals surface area contributed by atoms with Gasteiger partial charge < -0.3 is 9.72 Å². The van der Waals surface area contributed by atoms with Crippen LogP contribution in [-0.2, 0) is 0 Å². The minimum atomic E-state index is 0.390. The minimum Gasteiger partial charge on any atom is -0.465 e. The molecule has 1 aromatic carbocycles. The van der Waals surface area contributed by atoms with Crippen LogP contribution in [0.25, 0.3) is 21.9 Å². The van der Waals surface area contributed by atoms with E-state index in [1.54, 1.807) is 0 Å². The quantitative estimate of drug-likeness (QED) is 0.708. The molecule has 2 heterocycles. The Morgan fingerprint density at radius 3 is 2.94 bits per heavy atom. The van der Waals surface area contributed by atoms with Crippen LogP contribution >= 0.6 is 11.6 Å². The molecule has 1 N–H and O–H groups in total. The summed E-state index contributed by atoms with van der Waals surface area (Å²) in [6.45, 7) is 2.47. The average Bonchev–Trinajstić information content (AvgIpc) is 2.74. The molecule has 0 aliphatic rings. The second-order valence-electron chi connectivity index (χ2n) is 3.62. The normalized spacial score (nSPS) is 11.2. The molecule has 17 heavy (non-hydrogen) atoms. The molecule has 0 fully saturated rings. The number of aromatic amines is 1. The van der Waals surface area contributed by atoms with Gasteiger partial charge in [0.25, 0.3) is 6.01 Å². The molecule has 0 atom stereocenters. The zero-order valence-corrected chi connectivity index (χ0v) is 9.95. The largest absolute Gasteiger partial charge is 0.465 e. The molecule has 0 saturated carbocycles. The van der Waals surface area contributed by atoms with Crippen LogP contribution in [0, 0.1) is 0 Å². The van der Waals surface area contributed by atoms with Gasteiger partial charge in [0.05, 0.1) is 17.6 Å². The molecular weight excluding hydrogens is 238 g/mol. The van der Waals surface area contributed by atoms with Gasteiger partial charge in [0.15, 0.2) is 5.15 Å². The predicted molar refractivity (Wildman–Crippen MR) is 67.6 cm³/mol. The molecule has 0 aliphatic heterocycles. The zero-order chi connectivity index (χ0) is 11.8. The van der Waals surface area contributed by atoms with Gasteiger partial charge in [-0.2, -0.15) is 4.98 Å². The third kappa shape index (κ3) is 1.61. The fourth-order valence-corrected chi connectivity index (χ4v) is 2.07. The van der Waals surface area contributed by atoms with E-state index in [2.05, 4.69) is 15.0 Å². The van der Waals surface area contributed by atoms with Gasteiger partial charge in [-0.25, -0.2) is 4.98 Å². The summed E-state index contributed by atoms with van der Waals surface area (Å²) in [5.41, 5.74) is 2.36. The van der Waals surface area contributed by atoms with Crippen molar-refractivity contribution in [2.45, 2.75) is 6.92 Å². The predicted octanol–water partition coefficient (Wildman–Crippen LogP) is 3.16. The first-order chi connectivity index (χ1) is 8.29. The van der Waals surface area contributed by atoms with Gasteiger partial charge in [-0.05, 0) is 13.0 Å². The van der Waals surface area contributed by atoms with Crippen LogP contribution in [0.1, 0.15) is 6.92 Å². The van der Waals surface area contributed by atoms with Crippen LogP contribution in [0.15, 0.2) is 24.3 Å². The van der Waals surface area contributed by atoms with Crippen LogP contribution < -0.4 is 4.74 Å². The Balaban J connectivity index is 2.39. The monoisotopic (exact) mass is 247 g/mol. The number of ether oxygens (including phenoxy) is 1. The van der Waals surface area contributed by atoms with Gasteiger partial charge in [0.2, 0.25) is 0 Å². The number of nitrogens with one attached hydrogen (secondary N) is 1. The molecule has 2 aromatic heterocycles. The standard InChI is InChI=1S/C12H10ClN3O/c1-2-17-12-15-9-7-5-3-4-6-8(7)14-11(13)10(9)16-12/h3-6H,2H2,1H3,(H,15,16). The summed E-state index contributed by atoms with van der Waals surface area (Å²) in [6, 6.07) is 8.26. The van der Waals surface area contributed by atoms with E-state index in [-0.39, 0.29) is 0 Å². The third-order valence-corrected chi connectivity index (χ3v) is 2.81. The molecule has 3 rings (SSSR count). The van der Waals surface area contributed by atoms with Crippen LogP contribution in [0.5, 0.6) is 6.01 Å². The van der Waals surface area contributed by atoms with E-state index >= 15 is 0 Å². The minimum absolute atomic E-state index is 0.390. The maximum atomic E-state index is 6.10. The number of para-hydroxylation sites is 1. The van der Waals surface area contributed by atoms with Crippen LogP contribution in [0.2, 0.25) is 5.15 Å². The van der Waals surface area contributed by atoms with Gasteiger partial charge >= 0.3 is 0 Å². The van der Waals surface area contributed by atoms with Crippen LogP contribution in [0.3, 0.4) is 0 Å². The number of halogens is 1. The lowest BCUT2D eigenvalue weighted by Gasteiger charge is -1.98. The number of pyridine rings is 1. The maximum absolute atomic E-state index is 6.10. The summed E-state index contributed by atoms with van der Waals surface area (Å²) in [7, 11) is 0. The molecule has 0 amide bonds. The van der Waals surface area contributed by atoms with Crippen molar-refractivity contribution in [1.29, 1.82) is 0 Å². The smallest absolute Gasteiger partial charge is 0.294 e. The molecule has 4 nitrogen and oxygen atoms in total. The van der Waals surface area contributed by atoms with E-state index in [0.29, 0.717) is 23.3 Å². The van der Waals surface area contributed by atoms with Crippen molar-refractivity contribution in [2.24, 2.45) is 0 Å². The molecule has 0 spiro atoms. The van der Waals surface area contributed by atoms with E-state index in [9.17, 15) is 0 Å². The Bertz CT molecular complexity index is 693. The first kappa shape index (κ1) is 10.4. The number of rotatable bonds is 2. The number of benzene rings is 1. The summed E-state index contributed by atoms with van der Waals surface area (Å²) in [6.07, 6.45) is 0. The summed E-state index contributed by atoms with van der Waals surface area (Å²) < 4.78 is 5.34. The van der Waals surface area contributed by atoms with E-state index in [1.807, 2.05) is 31.2 Å². The Kier molecular flexibility index (Phi) is 2.37. The van der Waals surface area contributed by atoms with Crippen molar-refractivity contribution in [2.75, 3.05) is 6.61 Å². The average molecular weight is 248 g/mol. The van der Waals surface area contributed by atoms with Crippen molar-refractivity contribution < 1.29 is 4.74 Å². The van der Waals surface area contributed by atoms with Crippen molar-refractivity contribution >= 4 is 33.5 Å². The molecular formula is C12H10ClN3O. The highest BCUT2D eigenvalue weighted by Crippen LogP contribution is 2.28. The number of nitrogens with zero attached hydrogens (tertiary/aromatic N) is 2. The number of hydrogen-bond acceptors (Lipinski definition) is 3. The van der Waals surface area contributed by atoms with Crippen molar-refractivity contribution in [1.82, 2.24) is 15.0 Å². The highest BCUT2D eigenvalue weighted by atomic mass is 35.5. The van der Waals surface area contributed by atoms with Crippen LogP contribution in [-0.4, -0.2) is 21.6 Å². The Morgan fingerprint density at radius 2 is 2.12 bits per heavy atom. The van der Waals surface area contributed by atoms with Crippen LogP contribution in [0.4, 0.5) is 0 Å². The molecule has 0 aliphatic carbocycles. The van der Waals surface area contributed by atoms with Gasteiger partial charge in [-0.1, -0.05) is 29.8 Å². The molecule has 86 valence electrons. The number of fused-ring (bicyclic) bond motifs is 3. The molecule has 0 saturated heterocycles. The third-order valence-electron chi connectivity index (χ3n) is 2.55. The maximum Gasteiger partial charge on any atom is 0.294 e. The number of H-pyrrole nitrogens is 1. The lowest BCUT2D eigenvalue weighted by atomic mass is 10.2. The lowest BCUT2D eigenvalue weighted by Crippen LogP contribution is -1.92. The second kappa shape index (κ2) is 3.89. The summed E-state index contributed by atoms with van der Waals surface area (Å²) in [5, 5.41) is 1.38. The summed E-state index contributed by atoms with van der Waals surface area (Å²) >= 11 is 6.10. The van der Waals surface area contributed by atoms with E-state index in [0.717, 1.165) is 16.4 Å². The van der Waals surface area contributed by atoms with Crippen molar-refractivity contribution in [3.8, 4) is 6.01 Å². The Morgan fingerprint density at radius 1 is 1.29 bits per heavy atom. The van der Waals surface area contributed by atoms with E-state index in [4.69, 9.17) is 16.3 Å². The molecule has 0 bridgehead atoms.